The maximum Gasteiger partial charge on any atom is 0.147 e. The van der Waals surface area contributed by atoms with Crippen LogP contribution in [0.1, 0.15) is 12.0 Å². The Kier molecular flexibility index (Phi) is 4.76. The highest BCUT2D eigenvalue weighted by molar-refractivity contribution is 7.90. The fraction of sp³-hybridized carbons (Fsp3) is 0.455. The first-order valence-corrected chi connectivity index (χ1v) is 7.20. The van der Waals surface area contributed by atoms with E-state index in [0.29, 0.717) is 19.5 Å². The van der Waals surface area contributed by atoms with Gasteiger partial charge in [0, 0.05) is 12.8 Å². The second kappa shape index (κ2) is 5.86. The van der Waals surface area contributed by atoms with Crippen LogP contribution >= 0.6 is 0 Å². The number of aromatic hydroxyl groups is 1. The molecule has 0 aliphatic heterocycles. The molecule has 0 saturated heterocycles. The lowest BCUT2D eigenvalue weighted by Gasteiger charge is -2.04. The van der Waals surface area contributed by atoms with Gasteiger partial charge in [0.1, 0.15) is 15.6 Å². The van der Waals surface area contributed by atoms with Gasteiger partial charge in [-0.05, 0) is 30.7 Å². The second-order valence-electron chi connectivity index (χ2n) is 3.83. The molecule has 1 rings (SSSR count). The Balaban J connectivity index is 2.19. The molecular formula is C11H17NO3S. The molecule has 4 nitrogen and oxygen atoms in total. The molecule has 0 radical (unpaired) electrons. The van der Waals surface area contributed by atoms with Crippen LogP contribution in [-0.4, -0.2) is 32.1 Å². The van der Waals surface area contributed by atoms with E-state index >= 15 is 0 Å². The lowest BCUT2D eigenvalue weighted by molar-refractivity contribution is 0.475. The van der Waals surface area contributed by atoms with Crippen molar-refractivity contribution < 1.29 is 13.5 Å². The number of phenolic OH excluding ortho intramolecular Hbond substituents is 1. The largest absolute Gasteiger partial charge is 0.508 e. The summed E-state index contributed by atoms with van der Waals surface area (Å²) < 4.78 is 21.7. The van der Waals surface area contributed by atoms with Gasteiger partial charge in [-0.1, -0.05) is 12.1 Å². The number of nitrogens with one attached hydrogen (secondary N) is 1. The topological polar surface area (TPSA) is 66.4 Å². The van der Waals surface area contributed by atoms with Crippen LogP contribution in [0.2, 0.25) is 0 Å². The highest BCUT2D eigenvalue weighted by Crippen LogP contribution is 2.08. The summed E-state index contributed by atoms with van der Waals surface area (Å²) in [6.07, 6.45) is 1.86. The Labute approximate surface area is 96.2 Å². The maximum absolute atomic E-state index is 10.8. The Morgan fingerprint density at radius 1 is 1.25 bits per heavy atom. The van der Waals surface area contributed by atoms with Crippen molar-refractivity contribution in [3.63, 3.8) is 0 Å². The van der Waals surface area contributed by atoms with E-state index < -0.39 is 9.84 Å². The van der Waals surface area contributed by atoms with E-state index in [2.05, 4.69) is 5.32 Å². The molecule has 0 aliphatic carbocycles. The highest BCUT2D eigenvalue weighted by atomic mass is 32.2. The number of hydrogen-bond donors (Lipinski definition) is 2. The summed E-state index contributed by atoms with van der Waals surface area (Å²) in [6, 6.07) is 6.93. The summed E-state index contributed by atoms with van der Waals surface area (Å²) in [6.45, 7) is 1.36. The van der Waals surface area contributed by atoms with Crippen molar-refractivity contribution in [2.75, 3.05) is 18.6 Å². The first-order valence-electron chi connectivity index (χ1n) is 5.14. The van der Waals surface area contributed by atoms with Crippen molar-refractivity contribution in [1.82, 2.24) is 5.32 Å². The number of hydrogen-bond acceptors (Lipinski definition) is 4. The highest BCUT2D eigenvalue weighted by Gasteiger charge is 2.00. The monoisotopic (exact) mass is 243 g/mol. The number of rotatable bonds is 6. The summed E-state index contributed by atoms with van der Waals surface area (Å²) >= 11 is 0. The minimum atomic E-state index is -2.85. The molecule has 16 heavy (non-hydrogen) atoms. The minimum Gasteiger partial charge on any atom is -0.508 e. The van der Waals surface area contributed by atoms with Crippen molar-refractivity contribution in [3.05, 3.63) is 29.8 Å². The van der Waals surface area contributed by atoms with Gasteiger partial charge in [-0.25, -0.2) is 8.42 Å². The van der Waals surface area contributed by atoms with Crippen LogP contribution < -0.4 is 5.32 Å². The predicted molar refractivity (Wildman–Crippen MR) is 64.1 cm³/mol. The SMILES string of the molecule is CS(=O)(=O)CCCNCc1ccc(O)cc1. The van der Waals surface area contributed by atoms with Crippen molar-refractivity contribution in [2.24, 2.45) is 0 Å². The fourth-order valence-corrected chi connectivity index (χ4v) is 1.97. The lowest BCUT2D eigenvalue weighted by atomic mass is 10.2. The zero-order valence-electron chi connectivity index (χ0n) is 9.31. The summed E-state index contributed by atoms with van der Waals surface area (Å²) in [4.78, 5) is 0. The summed E-state index contributed by atoms with van der Waals surface area (Å²) in [5, 5.41) is 12.2. The number of sulfone groups is 1. The molecule has 0 unspecified atom stereocenters. The van der Waals surface area contributed by atoms with Gasteiger partial charge in [0.05, 0.1) is 5.75 Å². The fourth-order valence-electron chi connectivity index (χ4n) is 1.31. The number of phenols is 1. The molecule has 0 bridgehead atoms. The molecule has 0 atom stereocenters. The van der Waals surface area contributed by atoms with E-state index in [4.69, 9.17) is 5.11 Å². The molecule has 0 aliphatic rings. The lowest BCUT2D eigenvalue weighted by Crippen LogP contribution is -2.17. The zero-order valence-corrected chi connectivity index (χ0v) is 10.1. The van der Waals surface area contributed by atoms with Crippen molar-refractivity contribution in [3.8, 4) is 5.75 Å². The van der Waals surface area contributed by atoms with Gasteiger partial charge in [-0.15, -0.1) is 0 Å². The maximum atomic E-state index is 10.8. The Bertz CT molecular complexity index is 411. The zero-order chi connectivity index (χ0) is 12.0. The molecule has 0 saturated carbocycles. The van der Waals surface area contributed by atoms with Crippen LogP contribution in [-0.2, 0) is 16.4 Å². The first kappa shape index (κ1) is 13.0. The van der Waals surface area contributed by atoms with Gasteiger partial charge in [0.15, 0.2) is 0 Å². The summed E-state index contributed by atoms with van der Waals surface area (Å²) in [7, 11) is -2.85. The third kappa shape index (κ3) is 5.72. The molecule has 0 amide bonds. The van der Waals surface area contributed by atoms with E-state index in [1.807, 2.05) is 12.1 Å². The molecule has 1 aromatic rings. The van der Waals surface area contributed by atoms with Gasteiger partial charge >= 0.3 is 0 Å². The third-order valence-electron chi connectivity index (χ3n) is 2.13. The molecule has 5 heteroatoms. The summed E-state index contributed by atoms with van der Waals surface area (Å²) in [5.74, 6) is 0.469. The standard InChI is InChI=1S/C11H17NO3S/c1-16(14,15)8-2-7-12-9-10-3-5-11(13)6-4-10/h3-6,12-13H,2,7-9H2,1H3. The van der Waals surface area contributed by atoms with Crippen molar-refractivity contribution in [2.45, 2.75) is 13.0 Å². The van der Waals surface area contributed by atoms with Crippen molar-refractivity contribution >= 4 is 9.84 Å². The smallest absolute Gasteiger partial charge is 0.147 e. The Hall–Kier alpha value is -1.07. The van der Waals surface area contributed by atoms with E-state index in [-0.39, 0.29) is 11.5 Å². The molecule has 0 aromatic heterocycles. The van der Waals surface area contributed by atoms with Crippen LogP contribution in [0.5, 0.6) is 5.75 Å². The van der Waals surface area contributed by atoms with Gasteiger partial charge in [-0.3, -0.25) is 0 Å². The van der Waals surface area contributed by atoms with Crippen LogP contribution in [0.25, 0.3) is 0 Å². The van der Waals surface area contributed by atoms with E-state index in [1.54, 1.807) is 12.1 Å². The minimum absolute atomic E-state index is 0.218. The molecule has 0 spiro atoms. The molecule has 90 valence electrons. The molecule has 0 heterocycles. The van der Waals surface area contributed by atoms with Crippen LogP contribution in [0.15, 0.2) is 24.3 Å². The van der Waals surface area contributed by atoms with Gasteiger partial charge in [0.25, 0.3) is 0 Å². The van der Waals surface area contributed by atoms with Crippen LogP contribution in [0, 0.1) is 0 Å². The third-order valence-corrected chi connectivity index (χ3v) is 3.16. The number of benzene rings is 1. The Morgan fingerprint density at radius 2 is 1.88 bits per heavy atom. The molecule has 0 fully saturated rings. The quantitative estimate of drug-likeness (QED) is 0.729. The molecule has 1 aromatic carbocycles. The van der Waals surface area contributed by atoms with Gasteiger partial charge in [-0.2, -0.15) is 0 Å². The predicted octanol–water partition coefficient (Wildman–Crippen LogP) is 0.916. The molecule has 2 N–H and O–H groups in total. The molecular weight excluding hydrogens is 226 g/mol. The van der Waals surface area contributed by atoms with E-state index in [1.165, 1.54) is 6.26 Å². The van der Waals surface area contributed by atoms with Gasteiger partial charge in [0.2, 0.25) is 0 Å². The van der Waals surface area contributed by atoms with Crippen LogP contribution in [0.4, 0.5) is 0 Å². The van der Waals surface area contributed by atoms with Crippen molar-refractivity contribution in [1.29, 1.82) is 0 Å². The van der Waals surface area contributed by atoms with Gasteiger partial charge < -0.3 is 10.4 Å². The van der Waals surface area contributed by atoms with E-state index in [0.717, 1.165) is 5.56 Å². The Morgan fingerprint density at radius 3 is 2.44 bits per heavy atom. The average molecular weight is 243 g/mol. The van der Waals surface area contributed by atoms with Crippen LogP contribution in [0.3, 0.4) is 0 Å². The van der Waals surface area contributed by atoms with E-state index in [9.17, 15) is 8.42 Å². The summed E-state index contributed by atoms with van der Waals surface area (Å²) in [5.41, 5.74) is 1.07. The second-order valence-corrected chi connectivity index (χ2v) is 6.09. The normalized spacial score (nSPS) is 11.6. The average Bonchev–Trinajstić information content (AvgIpc) is 2.19. The first-order chi connectivity index (χ1) is 7.47.